The fourth-order valence-electron chi connectivity index (χ4n) is 6.56. The standard InChI is InChI=1S/C26H30N2O2/c27-9-5-15-1-2-16-14-22(26-20(24(15)16)8-12-30-26)21-13-17(6-10-28)25-18(21)3-4-23-19(25)7-11-29-23/h3-4,7,11,14-15,17,21H,1-2,5-6,8-10,12-13,27-28H2/t15-,17+,21?/m0/s1. The van der Waals surface area contributed by atoms with Crippen LogP contribution in [0.15, 0.2) is 34.9 Å². The van der Waals surface area contributed by atoms with Gasteiger partial charge in [-0.3, -0.25) is 0 Å². The minimum atomic E-state index is 0.376. The number of aryl methyl sites for hydroxylation is 1. The average Bonchev–Trinajstić information content (AvgIpc) is 3.52. The summed E-state index contributed by atoms with van der Waals surface area (Å²) in [5, 5.41) is 1.26. The van der Waals surface area contributed by atoms with Crippen LogP contribution in [0.25, 0.3) is 11.0 Å². The van der Waals surface area contributed by atoms with Gasteiger partial charge in [0.05, 0.1) is 12.9 Å². The van der Waals surface area contributed by atoms with Crippen molar-refractivity contribution >= 4 is 11.0 Å². The molecule has 0 radical (unpaired) electrons. The molecule has 0 amide bonds. The number of hydrogen-bond acceptors (Lipinski definition) is 4. The fourth-order valence-corrected chi connectivity index (χ4v) is 6.56. The van der Waals surface area contributed by atoms with Gasteiger partial charge in [-0.2, -0.15) is 0 Å². The van der Waals surface area contributed by atoms with Crippen LogP contribution in [0.3, 0.4) is 0 Å². The van der Waals surface area contributed by atoms with Gasteiger partial charge in [0.25, 0.3) is 0 Å². The average molecular weight is 403 g/mol. The van der Waals surface area contributed by atoms with Gasteiger partial charge in [0.1, 0.15) is 11.3 Å². The molecule has 1 aliphatic heterocycles. The van der Waals surface area contributed by atoms with E-state index in [0.29, 0.717) is 24.3 Å². The Labute approximate surface area is 177 Å². The van der Waals surface area contributed by atoms with Gasteiger partial charge in [-0.25, -0.2) is 0 Å². The number of rotatable bonds is 5. The highest BCUT2D eigenvalue weighted by Crippen LogP contribution is 2.54. The van der Waals surface area contributed by atoms with Crippen molar-refractivity contribution in [2.45, 2.75) is 56.3 Å². The predicted molar refractivity (Wildman–Crippen MR) is 119 cm³/mol. The van der Waals surface area contributed by atoms with Gasteiger partial charge in [-0.1, -0.05) is 12.1 Å². The number of nitrogens with two attached hydrogens (primary N) is 2. The number of benzene rings is 2. The van der Waals surface area contributed by atoms with E-state index >= 15 is 0 Å². The Morgan fingerprint density at radius 2 is 1.80 bits per heavy atom. The van der Waals surface area contributed by atoms with E-state index in [1.165, 1.54) is 46.2 Å². The van der Waals surface area contributed by atoms with Crippen LogP contribution >= 0.6 is 0 Å². The molecule has 3 aromatic rings. The summed E-state index contributed by atoms with van der Waals surface area (Å²) in [5.41, 5.74) is 21.8. The number of fused-ring (bicyclic) bond motifs is 6. The second kappa shape index (κ2) is 7.14. The maximum Gasteiger partial charge on any atom is 0.134 e. The van der Waals surface area contributed by atoms with Crippen molar-refractivity contribution in [1.29, 1.82) is 0 Å². The molecule has 0 spiro atoms. The SMILES string of the molecule is NCC[C@@H]1CCc2cc(C3C[C@@H](CCN)c4c3ccc3occc43)c3c(c21)CCO3. The zero-order valence-electron chi connectivity index (χ0n) is 17.5. The first kappa shape index (κ1) is 18.5. The molecule has 1 unspecified atom stereocenters. The van der Waals surface area contributed by atoms with E-state index < -0.39 is 0 Å². The van der Waals surface area contributed by atoms with Crippen LogP contribution in [-0.4, -0.2) is 19.7 Å². The highest BCUT2D eigenvalue weighted by Gasteiger charge is 2.38. The highest BCUT2D eigenvalue weighted by atomic mass is 16.5. The van der Waals surface area contributed by atoms with Crippen molar-refractivity contribution in [3.63, 3.8) is 0 Å². The Morgan fingerprint density at radius 3 is 2.67 bits per heavy atom. The Hall–Kier alpha value is -2.30. The summed E-state index contributed by atoms with van der Waals surface area (Å²) in [6.07, 6.45) is 8.47. The molecule has 0 bridgehead atoms. The fraction of sp³-hybridized carbons (Fsp3) is 0.462. The molecule has 3 atom stereocenters. The van der Waals surface area contributed by atoms with Gasteiger partial charge in [0, 0.05) is 28.9 Å². The largest absolute Gasteiger partial charge is 0.493 e. The van der Waals surface area contributed by atoms with Gasteiger partial charge in [-0.05, 0) is 91.4 Å². The maximum atomic E-state index is 6.30. The molecule has 2 aliphatic carbocycles. The van der Waals surface area contributed by atoms with E-state index in [9.17, 15) is 0 Å². The Morgan fingerprint density at radius 1 is 0.933 bits per heavy atom. The van der Waals surface area contributed by atoms with Crippen molar-refractivity contribution in [1.82, 2.24) is 0 Å². The van der Waals surface area contributed by atoms with E-state index in [2.05, 4.69) is 24.3 Å². The maximum absolute atomic E-state index is 6.30. The molecule has 0 saturated carbocycles. The van der Waals surface area contributed by atoms with Crippen LogP contribution in [0.2, 0.25) is 0 Å². The van der Waals surface area contributed by atoms with Crippen molar-refractivity contribution in [3.8, 4) is 5.75 Å². The van der Waals surface area contributed by atoms with Gasteiger partial charge in [0.15, 0.2) is 0 Å². The quantitative estimate of drug-likeness (QED) is 0.648. The molecule has 4 N–H and O–H groups in total. The predicted octanol–water partition coefficient (Wildman–Crippen LogP) is 4.71. The molecule has 2 heterocycles. The lowest BCUT2D eigenvalue weighted by Crippen LogP contribution is -2.08. The van der Waals surface area contributed by atoms with E-state index in [1.54, 1.807) is 11.1 Å². The minimum Gasteiger partial charge on any atom is -0.493 e. The van der Waals surface area contributed by atoms with Crippen LogP contribution in [0.5, 0.6) is 5.75 Å². The molecule has 156 valence electrons. The summed E-state index contributed by atoms with van der Waals surface area (Å²) in [6.45, 7) is 2.28. The zero-order chi connectivity index (χ0) is 20.2. The molecule has 30 heavy (non-hydrogen) atoms. The molecule has 4 nitrogen and oxygen atoms in total. The van der Waals surface area contributed by atoms with Crippen LogP contribution < -0.4 is 16.2 Å². The molecule has 0 saturated heterocycles. The van der Waals surface area contributed by atoms with Crippen molar-refractivity contribution < 1.29 is 9.15 Å². The lowest BCUT2D eigenvalue weighted by atomic mass is 9.85. The normalized spacial score (nSPS) is 24.1. The van der Waals surface area contributed by atoms with Crippen LogP contribution in [0.1, 0.15) is 76.8 Å². The van der Waals surface area contributed by atoms with Crippen molar-refractivity contribution in [2.75, 3.05) is 19.7 Å². The number of ether oxygens (including phenoxy) is 1. The molecule has 0 fully saturated rings. The zero-order valence-corrected chi connectivity index (χ0v) is 17.5. The third-order valence-corrected chi connectivity index (χ3v) is 7.73. The molecular formula is C26H30N2O2. The van der Waals surface area contributed by atoms with Gasteiger partial charge in [-0.15, -0.1) is 0 Å². The summed E-state index contributed by atoms with van der Waals surface area (Å²) in [5.74, 6) is 2.64. The summed E-state index contributed by atoms with van der Waals surface area (Å²) in [6, 6.07) is 9.03. The van der Waals surface area contributed by atoms with E-state index in [4.69, 9.17) is 20.6 Å². The molecule has 3 aliphatic rings. The van der Waals surface area contributed by atoms with Crippen LogP contribution in [-0.2, 0) is 12.8 Å². The number of furan rings is 1. The summed E-state index contributed by atoms with van der Waals surface area (Å²) < 4.78 is 12.0. The Kier molecular flexibility index (Phi) is 4.39. The van der Waals surface area contributed by atoms with Gasteiger partial charge in [0.2, 0.25) is 0 Å². The third kappa shape index (κ3) is 2.60. The molecule has 1 aromatic heterocycles. The first-order valence-corrected chi connectivity index (χ1v) is 11.5. The molecule has 4 heteroatoms. The Balaban J connectivity index is 1.51. The van der Waals surface area contributed by atoms with Crippen LogP contribution in [0, 0.1) is 0 Å². The molecular weight excluding hydrogens is 372 g/mol. The highest BCUT2D eigenvalue weighted by molar-refractivity contribution is 5.84. The third-order valence-electron chi connectivity index (χ3n) is 7.73. The van der Waals surface area contributed by atoms with E-state index in [-0.39, 0.29) is 0 Å². The first-order chi connectivity index (χ1) is 14.8. The van der Waals surface area contributed by atoms with Gasteiger partial charge >= 0.3 is 0 Å². The van der Waals surface area contributed by atoms with Crippen LogP contribution in [0.4, 0.5) is 0 Å². The van der Waals surface area contributed by atoms with E-state index in [0.717, 1.165) is 44.4 Å². The second-order valence-corrected chi connectivity index (χ2v) is 9.22. The number of hydrogen-bond donors (Lipinski definition) is 2. The summed E-state index contributed by atoms with van der Waals surface area (Å²) in [4.78, 5) is 0. The topological polar surface area (TPSA) is 74.4 Å². The lowest BCUT2D eigenvalue weighted by molar-refractivity contribution is 0.351. The van der Waals surface area contributed by atoms with E-state index in [1.807, 2.05) is 6.26 Å². The first-order valence-electron chi connectivity index (χ1n) is 11.5. The Bertz CT molecular complexity index is 1120. The lowest BCUT2D eigenvalue weighted by Gasteiger charge is -2.21. The minimum absolute atomic E-state index is 0.376. The molecule has 2 aromatic carbocycles. The van der Waals surface area contributed by atoms with Crippen molar-refractivity contribution in [2.24, 2.45) is 11.5 Å². The monoisotopic (exact) mass is 402 g/mol. The molecule has 6 rings (SSSR count). The smallest absolute Gasteiger partial charge is 0.134 e. The van der Waals surface area contributed by atoms with Crippen molar-refractivity contribution in [3.05, 3.63) is 63.9 Å². The summed E-state index contributed by atoms with van der Waals surface area (Å²) >= 11 is 0. The summed E-state index contributed by atoms with van der Waals surface area (Å²) in [7, 11) is 0. The van der Waals surface area contributed by atoms with Gasteiger partial charge < -0.3 is 20.6 Å². The second-order valence-electron chi connectivity index (χ2n) is 9.22.